The molecule has 0 N–H and O–H groups in total. The first-order valence-corrected chi connectivity index (χ1v) is 10.5. The molecular weight excluding hydrogens is 518 g/mol. The number of nitrogens with zero attached hydrogens (tertiary/aromatic N) is 3. The number of rotatable bonds is 3. The Balaban J connectivity index is 1.88. The summed E-state index contributed by atoms with van der Waals surface area (Å²) in [6.07, 6.45) is -3.47. The van der Waals surface area contributed by atoms with Crippen molar-refractivity contribution >= 4 is 27.6 Å². The summed E-state index contributed by atoms with van der Waals surface area (Å²) < 4.78 is 59.9. The zero-order chi connectivity index (χ0) is 24.3. The molecular formula is C20H16BrF4N3O5. The molecule has 1 fully saturated rings. The van der Waals surface area contributed by atoms with Crippen molar-refractivity contribution in [1.29, 1.82) is 0 Å². The van der Waals surface area contributed by atoms with Gasteiger partial charge >= 0.3 is 17.8 Å². The van der Waals surface area contributed by atoms with Crippen molar-refractivity contribution in [2.75, 3.05) is 7.11 Å². The molecule has 4 rings (SSSR count). The molecule has 1 aliphatic carbocycles. The van der Waals surface area contributed by atoms with Gasteiger partial charge in [0.25, 0.3) is 5.56 Å². The zero-order valence-corrected chi connectivity index (χ0v) is 18.8. The largest absolute Gasteiger partial charge is 0.466 e. The molecule has 0 bridgehead atoms. The van der Waals surface area contributed by atoms with Crippen LogP contribution in [-0.4, -0.2) is 33.5 Å². The molecule has 2 aliphatic rings. The van der Waals surface area contributed by atoms with Crippen LogP contribution in [0.5, 0.6) is 0 Å². The molecule has 13 heteroatoms. The molecule has 2 heterocycles. The first-order valence-electron chi connectivity index (χ1n) is 9.67. The third-order valence-electron chi connectivity index (χ3n) is 5.94. The molecule has 0 saturated heterocycles. The van der Waals surface area contributed by atoms with Gasteiger partial charge in [0.15, 0.2) is 0 Å². The van der Waals surface area contributed by atoms with E-state index in [-0.39, 0.29) is 26.4 Å². The van der Waals surface area contributed by atoms with Gasteiger partial charge in [-0.1, -0.05) is 5.16 Å². The van der Waals surface area contributed by atoms with E-state index in [1.54, 1.807) is 0 Å². The van der Waals surface area contributed by atoms with Gasteiger partial charge in [-0.2, -0.15) is 13.2 Å². The average Bonchev–Trinajstić information content (AvgIpc) is 3.31. The minimum atomic E-state index is -4.95. The average molecular weight is 534 g/mol. The first kappa shape index (κ1) is 23.2. The summed E-state index contributed by atoms with van der Waals surface area (Å²) in [5.41, 5.74) is -5.61. The van der Waals surface area contributed by atoms with Gasteiger partial charge in [-0.25, -0.2) is 18.5 Å². The highest BCUT2D eigenvalue weighted by atomic mass is 79.9. The number of alkyl halides is 3. The lowest BCUT2D eigenvalue weighted by Gasteiger charge is -2.24. The van der Waals surface area contributed by atoms with Crippen LogP contribution in [0.25, 0.3) is 5.69 Å². The number of aromatic nitrogens is 2. The topological polar surface area (TPSA) is 91.9 Å². The second kappa shape index (κ2) is 7.82. The lowest BCUT2D eigenvalue weighted by molar-refractivity contribution is -0.168. The molecule has 0 radical (unpaired) electrons. The van der Waals surface area contributed by atoms with Crippen LogP contribution in [0.2, 0.25) is 0 Å². The lowest BCUT2D eigenvalue weighted by atomic mass is 9.84. The molecule has 1 aromatic carbocycles. The number of oxime groups is 1. The molecule has 1 saturated carbocycles. The minimum absolute atomic E-state index is 0.190. The Morgan fingerprint density at radius 3 is 2.64 bits per heavy atom. The van der Waals surface area contributed by atoms with Gasteiger partial charge in [-0.15, -0.1) is 0 Å². The Morgan fingerprint density at radius 1 is 1.30 bits per heavy atom. The van der Waals surface area contributed by atoms with Crippen molar-refractivity contribution in [3.05, 3.63) is 60.6 Å². The van der Waals surface area contributed by atoms with Crippen LogP contribution in [0.4, 0.5) is 17.6 Å². The minimum Gasteiger partial charge on any atom is -0.466 e. The summed E-state index contributed by atoms with van der Waals surface area (Å²) in [7, 11) is 2.05. The van der Waals surface area contributed by atoms with E-state index in [1.165, 1.54) is 7.11 Å². The summed E-state index contributed by atoms with van der Waals surface area (Å²) in [6, 6.07) is 2.30. The highest BCUT2D eigenvalue weighted by Crippen LogP contribution is 2.47. The van der Waals surface area contributed by atoms with Crippen molar-refractivity contribution in [3.8, 4) is 5.69 Å². The fourth-order valence-corrected chi connectivity index (χ4v) is 4.87. The number of carbonyl (C=O) groups is 1. The van der Waals surface area contributed by atoms with Crippen LogP contribution >= 0.6 is 15.9 Å². The number of hydrogen-bond acceptors (Lipinski definition) is 6. The quantitative estimate of drug-likeness (QED) is 0.447. The number of fused-ring (bicyclic) bond motifs is 1. The number of ether oxygens (including phenoxy) is 1. The number of esters is 1. The van der Waals surface area contributed by atoms with E-state index in [0.29, 0.717) is 23.8 Å². The number of carbonyl (C=O) groups excluding carboxylic acids is 1. The van der Waals surface area contributed by atoms with Crippen molar-refractivity contribution < 1.29 is 31.9 Å². The Labute approximate surface area is 191 Å². The Morgan fingerprint density at radius 2 is 2.00 bits per heavy atom. The van der Waals surface area contributed by atoms with Gasteiger partial charge in [-0.3, -0.25) is 9.36 Å². The van der Waals surface area contributed by atoms with Crippen molar-refractivity contribution in [3.63, 3.8) is 0 Å². The Kier molecular flexibility index (Phi) is 5.50. The molecule has 8 nitrogen and oxygen atoms in total. The van der Waals surface area contributed by atoms with Gasteiger partial charge in [0.2, 0.25) is 5.60 Å². The summed E-state index contributed by atoms with van der Waals surface area (Å²) in [6.45, 7) is 0. The molecule has 0 spiro atoms. The van der Waals surface area contributed by atoms with E-state index in [1.807, 2.05) is 0 Å². The molecule has 176 valence electrons. The van der Waals surface area contributed by atoms with Crippen molar-refractivity contribution in [1.82, 2.24) is 9.13 Å². The van der Waals surface area contributed by atoms with Gasteiger partial charge in [-0.05, 0) is 40.9 Å². The second-order valence-electron chi connectivity index (χ2n) is 7.72. The van der Waals surface area contributed by atoms with Gasteiger partial charge in [0, 0.05) is 29.6 Å². The molecule has 2 aromatic rings. The molecule has 1 aliphatic heterocycles. The van der Waals surface area contributed by atoms with Crippen molar-refractivity contribution in [2.45, 2.75) is 31.0 Å². The normalized spacial score (nSPS) is 22.0. The van der Waals surface area contributed by atoms with Crippen LogP contribution in [-0.2, 0) is 27.6 Å². The summed E-state index contributed by atoms with van der Waals surface area (Å²) in [5, 5.41) is 4.01. The SMILES string of the molecule is COC(=O)C12CCCC1C(c1cc(-n3c(=O)cc(C(F)(F)F)n(C)c3=O)c(F)cc1Br)=NO2. The van der Waals surface area contributed by atoms with E-state index in [2.05, 4.69) is 21.1 Å². The Bertz CT molecular complexity index is 1320. The van der Waals surface area contributed by atoms with Crippen LogP contribution in [0.1, 0.15) is 30.5 Å². The fourth-order valence-electron chi connectivity index (χ4n) is 4.35. The highest BCUT2D eigenvalue weighted by molar-refractivity contribution is 9.10. The fraction of sp³-hybridized carbons (Fsp3) is 0.400. The standard InChI is InChI=1S/C20H16BrF4N3O5/c1-27-14(20(23,24)25)8-15(29)28(18(27)31)13-6-9(11(21)7-12(13)22)16-10-4-3-5-19(10,33-26-16)17(30)32-2/h6-8,10H,3-5H2,1-2H3. The smallest absolute Gasteiger partial charge is 0.431 e. The van der Waals surface area contributed by atoms with Gasteiger partial charge in [0.05, 0.1) is 24.4 Å². The molecule has 1 aromatic heterocycles. The Hall–Kier alpha value is -2.96. The van der Waals surface area contributed by atoms with E-state index in [9.17, 15) is 31.9 Å². The summed E-state index contributed by atoms with van der Waals surface area (Å²) >= 11 is 3.21. The van der Waals surface area contributed by atoms with Crippen LogP contribution in [0, 0.1) is 11.7 Å². The molecule has 0 amide bonds. The van der Waals surface area contributed by atoms with Gasteiger partial charge in [0.1, 0.15) is 11.5 Å². The molecule has 2 atom stereocenters. The maximum absolute atomic E-state index is 14.9. The predicted molar refractivity (Wildman–Crippen MR) is 110 cm³/mol. The lowest BCUT2D eigenvalue weighted by Crippen LogP contribution is -2.44. The summed E-state index contributed by atoms with van der Waals surface area (Å²) in [4.78, 5) is 42.9. The monoisotopic (exact) mass is 533 g/mol. The highest BCUT2D eigenvalue weighted by Gasteiger charge is 2.59. The van der Waals surface area contributed by atoms with E-state index in [4.69, 9.17) is 9.57 Å². The van der Waals surface area contributed by atoms with Crippen molar-refractivity contribution in [2.24, 2.45) is 18.1 Å². The number of halogens is 5. The zero-order valence-electron chi connectivity index (χ0n) is 17.2. The van der Waals surface area contributed by atoms with Crippen LogP contribution < -0.4 is 11.2 Å². The summed E-state index contributed by atoms with van der Waals surface area (Å²) in [5.74, 6) is -2.18. The maximum atomic E-state index is 14.9. The van der Waals surface area contributed by atoms with Gasteiger partial charge < -0.3 is 9.57 Å². The molecule has 33 heavy (non-hydrogen) atoms. The maximum Gasteiger partial charge on any atom is 0.431 e. The first-order chi connectivity index (χ1) is 15.4. The third-order valence-corrected chi connectivity index (χ3v) is 6.59. The molecule has 2 unspecified atom stereocenters. The van der Waals surface area contributed by atoms with Crippen LogP contribution in [0.3, 0.4) is 0 Å². The van der Waals surface area contributed by atoms with E-state index < -0.39 is 52.1 Å². The number of hydrogen-bond donors (Lipinski definition) is 0. The number of methoxy groups -OCH3 is 1. The van der Waals surface area contributed by atoms with Crippen LogP contribution in [0.15, 0.2) is 37.4 Å². The number of benzene rings is 1. The third kappa shape index (κ3) is 3.49. The van der Waals surface area contributed by atoms with E-state index in [0.717, 1.165) is 19.2 Å². The predicted octanol–water partition coefficient (Wildman–Crippen LogP) is 2.90. The van der Waals surface area contributed by atoms with E-state index >= 15 is 0 Å². The second-order valence-corrected chi connectivity index (χ2v) is 8.57.